The Balaban J connectivity index is 0.000000188. The number of nitrogens with one attached hydrogen (secondary N) is 2. The summed E-state index contributed by atoms with van der Waals surface area (Å²) in [7, 11) is 1.58. The molecule has 4 aromatic rings. The molecule has 4 rings (SSSR count). The summed E-state index contributed by atoms with van der Waals surface area (Å²) >= 11 is 5.74. The largest absolute Gasteiger partial charge is 0.355 e. The van der Waals surface area contributed by atoms with Crippen LogP contribution in [0, 0.1) is 6.92 Å². The second-order valence-corrected chi connectivity index (χ2v) is 7.01. The van der Waals surface area contributed by atoms with Crippen molar-refractivity contribution in [3.05, 3.63) is 75.2 Å². The lowest BCUT2D eigenvalue weighted by Crippen LogP contribution is -2.20. The smallest absolute Gasteiger partial charge is 0.262 e. The zero-order valence-corrected chi connectivity index (χ0v) is 17.4. The van der Waals surface area contributed by atoms with Crippen LogP contribution in [-0.2, 0) is 6.54 Å². The molecule has 0 atom stereocenters. The number of fused-ring (bicyclic) bond motifs is 3. The van der Waals surface area contributed by atoms with Gasteiger partial charge in [-0.2, -0.15) is 5.10 Å². The maximum Gasteiger partial charge on any atom is 0.262 e. The van der Waals surface area contributed by atoms with Gasteiger partial charge in [0, 0.05) is 24.7 Å². The monoisotopic (exact) mass is 410 g/mol. The lowest BCUT2D eigenvalue weighted by Gasteiger charge is -2.09. The van der Waals surface area contributed by atoms with Crippen LogP contribution >= 0.6 is 11.6 Å². The number of aromatic nitrogens is 3. The van der Waals surface area contributed by atoms with Gasteiger partial charge in [-0.15, -0.1) is 0 Å². The maximum absolute atomic E-state index is 12.5. The van der Waals surface area contributed by atoms with Gasteiger partial charge >= 0.3 is 0 Å². The third-order valence-corrected chi connectivity index (χ3v) is 4.98. The predicted octanol–water partition coefficient (Wildman–Crippen LogP) is 4.30. The number of aryl methyl sites for hydroxylation is 2. The minimum Gasteiger partial charge on any atom is -0.355 e. The number of carbonyl (C=O) groups is 1. The average molecular weight is 411 g/mol. The van der Waals surface area contributed by atoms with Crippen molar-refractivity contribution in [2.24, 2.45) is 0 Å². The highest BCUT2D eigenvalue weighted by Crippen LogP contribution is 2.22. The Morgan fingerprint density at radius 1 is 1.17 bits per heavy atom. The van der Waals surface area contributed by atoms with E-state index in [4.69, 9.17) is 11.6 Å². The van der Waals surface area contributed by atoms with Crippen molar-refractivity contribution in [2.75, 3.05) is 7.05 Å². The topological polar surface area (TPSA) is 79.8 Å². The lowest BCUT2D eigenvalue weighted by atomic mass is 10.1. The number of halogens is 1. The fraction of sp³-hybridized carbons (Fsp3) is 0.227. The highest BCUT2D eigenvalue weighted by molar-refractivity contribution is 6.33. The van der Waals surface area contributed by atoms with E-state index in [0.29, 0.717) is 16.0 Å². The molecular formula is C22H23ClN4O2. The first-order valence-electron chi connectivity index (χ1n) is 9.42. The Labute approximate surface area is 173 Å². The number of hydrogen-bond donors (Lipinski definition) is 2. The van der Waals surface area contributed by atoms with E-state index in [1.54, 1.807) is 31.3 Å². The number of H-pyrrole nitrogens is 1. The van der Waals surface area contributed by atoms with Crippen molar-refractivity contribution >= 4 is 39.3 Å². The second kappa shape index (κ2) is 8.92. The van der Waals surface area contributed by atoms with Crippen LogP contribution in [0.4, 0.5) is 0 Å². The van der Waals surface area contributed by atoms with Gasteiger partial charge in [-0.3, -0.25) is 14.7 Å². The third kappa shape index (κ3) is 4.03. The van der Waals surface area contributed by atoms with Gasteiger partial charge in [0.05, 0.1) is 21.5 Å². The molecule has 0 bridgehead atoms. The summed E-state index contributed by atoms with van der Waals surface area (Å²) in [5, 5.41) is 11.9. The number of nitrogens with zero attached hydrogens (tertiary/aromatic N) is 2. The van der Waals surface area contributed by atoms with Crippen molar-refractivity contribution in [2.45, 2.75) is 26.8 Å². The van der Waals surface area contributed by atoms with Crippen molar-refractivity contribution in [3.8, 4) is 0 Å². The number of hydrogen-bond acceptors (Lipinski definition) is 3. The minimum absolute atomic E-state index is 0.0526. The number of amides is 1. The molecule has 2 N–H and O–H groups in total. The number of aromatic amines is 1. The summed E-state index contributed by atoms with van der Waals surface area (Å²) in [4.78, 5) is 23.6. The van der Waals surface area contributed by atoms with Gasteiger partial charge in [0.25, 0.3) is 11.5 Å². The number of para-hydroxylation sites is 1. The molecule has 150 valence electrons. The molecule has 0 saturated carbocycles. The van der Waals surface area contributed by atoms with Gasteiger partial charge in [-0.05, 0) is 31.5 Å². The SMILES string of the molecule is CCCn1c(=O)c2c(C)[nH]nc2c2ccccc21.CNC(=O)c1ccccc1Cl. The molecule has 6 nitrogen and oxygen atoms in total. The number of pyridine rings is 1. The van der Waals surface area contributed by atoms with Gasteiger partial charge in [-0.25, -0.2) is 0 Å². The van der Waals surface area contributed by atoms with E-state index in [1.165, 1.54) is 0 Å². The Hall–Kier alpha value is -3.12. The summed E-state index contributed by atoms with van der Waals surface area (Å²) in [6.45, 7) is 4.70. The molecule has 0 saturated heterocycles. The van der Waals surface area contributed by atoms with E-state index >= 15 is 0 Å². The quantitative estimate of drug-likeness (QED) is 0.528. The van der Waals surface area contributed by atoms with Crippen molar-refractivity contribution in [1.29, 1.82) is 0 Å². The molecule has 0 aliphatic rings. The normalized spacial score (nSPS) is 10.6. The van der Waals surface area contributed by atoms with Gasteiger partial charge in [-0.1, -0.05) is 48.9 Å². The molecular weight excluding hydrogens is 388 g/mol. The van der Waals surface area contributed by atoms with E-state index in [1.807, 2.05) is 35.8 Å². The highest BCUT2D eigenvalue weighted by atomic mass is 35.5. The molecule has 0 aliphatic carbocycles. The van der Waals surface area contributed by atoms with Crippen LogP contribution in [0.15, 0.2) is 53.3 Å². The molecule has 0 spiro atoms. The Kier molecular flexibility index (Phi) is 6.34. The van der Waals surface area contributed by atoms with Crippen LogP contribution in [0.25, 0.3) is 21.8 Å². The van der Waals surface area contributed by atoms with E-state index < -0.39 is 0 Å². The summed E-state index contributed by atoms with van der Waals surface area (Å²) in [6, 6.07) is 14.9. The fourth-order valence-corrected chi connectivity index (χ4v) is 3.49. The summed E-state index contributed by atoms with van der Waals surface area (Å²) in [5.74, 6) is -0.157. The van der Waals surface area contributed by atoms with E-state index in [9.17, 15) is 9.59 Å². The molecule has 0 aliphatic heterocycles. The van der Waals surface area contributed by atoms with E-state index in [0.717, 1.165) is 35.1 Å². The molecule has 0 fully saturated rings. The van der Waals surface area contributed by atoms with Gasteiger partial charge < -0.3 is 9.88 Å². The average Bonchev–Trinajstić information content (AvgIpc) is 3.13. The van der Waals surface area contributed by atoms with Crippen LogP contribution in [0.1, 0.15) is 29.4 Å². The standard InChI is InChI=1S/C14H15N3O.C8H8ClNO/c1-3-8-17-11-7-5-4-6-10(11)13-12(14(17)18)9(2)15-16-13;1-10-8(11)6-4-2-3-5-7(6)9/h4-7H,3,8H2,1-2H3,(H,15,16);2-5H,1H3,(H,10,11). The molecule has 29 heavy (non-hydrogen) atoms. The van der Waals surface area contributed by atoms with Crippen LogP contribution in [0.2, 0.25) is 5.02 Å². The van der Waals surface area contributed by atoms with Gasteiger partial charge in [0.15, 0.2) is 0 Å². The first kappa shape index (κ1) is 20.6. The predicted molar refractivity (Wildman–Crippen MR) is 118 cm³/mol. The fourth-order valence-electron chi connectivity index (χ4n) is 3.26. The molecule has 2 heterocycles. The van der Waals surface area contributed by atoms with Crippen LogP contribution < -0.4 is 10.9 Å². The first-order valence-corrected chi connectivity index (χ1v) is 9.80. The third-order valence-electron chi connectivity index (χ3n) is 4.65. The summed E-state index contributed by atoms with van der Waals surface area (Å²) in [5.41, 5.74) is 3.14. The van der Waals surface area contributed by atoms with Gasteiger partial charge in [0.2, 0.25) is 0 Å². The van der Waals surface area contributed by atoms with E-state index in [-0.39, 0.29) is 11.5 Å². The molecule has 2 aromatic heterocycles. The Morgan fingerprint density at radius 2 is 1.86 bits per heavy atom. The Bertz CT molecular complexity index is 1230. The Morgan fingerprint density at radius 3 is 2.55 bits per heavy atom. The number of benzene rings is 2. The van der Waals surface area contributed by atoms with Crippen LogP contribution in [-0.4, -0.2) is 27.7 Å². The molecule has 0 radical (unpaired) electrons. The van der Waals surface area contributed by atoms with Crippen molar-refractivity contribution in [3.63, 3.8) is 0 Å². The van der Waals surface area contributed by atoms with Gasteiger partial charge in [0.1, 0.15) is 5.52 Å². The maximum atomic E-state index is 12.5. The van der Waals surface area contributed by atoms with Crippen molar-refractivity contribution in [1.82, 2.24) is 20.1 Å². The van der Waals surface area contributed by atoms with Crippen molar-refractivity contribution < 1.29 is 4.79 Å². The highest BCUT2D eigenvalue weighted by Gasteiger charge is 2.14. The molecule has 0 unspecified atom stereocenters. The lowest BCUT2D eigenvalue weighted by molar-refractivity contribution is 0.0963. The molecule has 7 heteroatoms. The molecule has 1 amide bonds. The van der Waals surface area contributed by atoms with E-state index in [2.05, 4.69) is 22.4 Å². The number of carbonyl (C=O) groups excluding carboxylic acids is 1. The minimum atomic E-state index is -0.157. The summed E-state index contributed by atoms with van der Waals surface area (Å²) in [6.07, 6.45) is 0.937. The van der Waals surface area contributed by atoms with Crippen LogP contribution in [0.5, 0.6) is 0 Å². The van der Waals surface area contributed by atoms with Crippen LogP contribution in [0.3, 0.4) is 0 Å². The second-order valence-electron chi connectivity index (χ2n) is 6.61. The first-order chi connectivity index (χ1) is 14.0. The summed E-state index contributed by atoms with van der Waals surface area (Å²) < 4.78 is 1.85. The zero-order chi connectivity index (χ0) is 21.0. The zero-order valence-electron chi connectivity index (χ0n) is 16.6. The number of rotatable bonds is 3. The molecule has 2 aromatic carbocycles.